The SMILES string of the molecule is CCCCCCCCCN1CCC(CCC(=O)O)C1. The van der Waals surface area contributed by atoms with E-state index in [2.05, 4.69) is 11.8 Å². The zero-order valence-electron chi connectivity index (χ0n) is 12.6. The Morgan fingerprint density at radius 1 is 1.16 bits per heavy atom. The van der Waals surface area contributed by atoms with Gasteiger partial charge >= 0.3 is 5.97 Å². The van der Waals surface area contributed by atoms with E-state index in [9.17, 15) is 4.79 Å². The van der Waals surface area contributed by atoms with Gasteiger partial charge in [0, 0.05) is 13.0 Å². The third-order valence-corrected chi connectivity index (χ3v) is 4.21. The van der Waals surface area contributed by atoms with Gasteiger partial charge in [-0.05, 0) is 38.3 Å². The van der Waals surface area contributed by atoms with Crippen LogP contribution in [0.15, 0.2) is 0 Å². The van der Waals surface area contributed by atoms with E-state index in [-0.39, 0.29) is 0 Å². The van der Waals surface area contributed by atoms with E-state index >= 15 is 0 Å². The topological polar surface area (TPSA) is 40.5 Å². The van der Waals surface area contributed by atoms with E-state index < -0.39 is 5.97 Å². The second-order valence-corrected chi connectivity index (χ2v) is 6.01. The van der Waals surface area contributed by atoms with Crippen molar-refractivity contribution >= 4 is 5.97 Å². The molecule has 1 aliphatic rings. The molecule has 19 heavy (non-hydrogen) atoms. The Bertz CT molecular complexity index is 243. The molecule has 1 fully saturated rings. The predicted octanol–water partition coefficient (Wildman–Crippen LogP) is 3.92. The number of rotatable bonds is 11. The van der Waals surface area contributed by atoms with E-state index in [0.717, 1.165) is 13.0 Å². The molecule has 0 saturated carbocycles. The van der Waals surface area contributed by atoms with E-state index in [1.807, 2.05) is 0 Å². The van der Waals surface area contributed by atoms with Crippen molar-refractivity contribution in [2.24, 2.45) is 5.92 Å². The van der Waals surface area contributed by atoms with Crippen LogP contribution in [0.2, 0.25) is 0 Å². The van der Waals surface area contributed by atoms with Crippen LogP contribution in [0.25, 0.3) is 0 Å². The summed E-state index contributed by atoms with van der Waals surface area (Å²) in [5.41, 5.74) is 0. The van der Waals surface area contributed by atoms with Gasteiger partial charge in [-0.15, -0.1) is 0 Å². The molecule has 0 amide bonds. The normalized spacial score (nSPS) is 19.9. The summed E-state index contributed by atoms with van der Waals surface area (Å²) < 4.78 is 0. The minimum Gasteiger partial charge on any atom is -0.481 e. The first-order valence-electron chi connectivity index (χ1n) is 8.16. The van der Waals surface area contributed by atoms with Gasteiger partial charge in [0.15, 0.2) is 0 Å². The van der Waals surface area contributed by atoms with Gasteiger partial charge in [0.1, 0.15) is 0 Å². The average molecular weight is 269 g/mol. The summed E-state index contributed by atoms with van der Waals surface area (Å²) >= 11 is 0. The largest absolute Gasteiger partial charge is 0.481 e. The third kappa shape index (κ3) is 8.25. The first kappa shape index (κ1) is 16.5. The minimum atomic E-state index is -0.648. The van der Waals surface area contributed by atoms with Crippen LogP contribution in [-0.2, 0) is 4.79 Å². The summed E-state index contributed by atoms with van der Waals surface area (Å²) in [5.74, 6) is -0.0221. The Morgan fingerprint density at radius 3 is 2.53 bits per heavy atom. The first-order valence-corrected chi connectivity index (χ1v) is 8.16. The van der Waals surface area contributed by atoms with Crippen LogP contribution in [0.1, 0.15) is 71.1 Å². The van der Waals surface area contributed by atoms with Crippen LogP contribution in [0.3, 0.4) is 0 Å². The fourth-order valence-corrected chi connectivity index (χ4v) is 2.97. The van der Waals surface area contributed by atoms with Gasteiger partial charge < -0.3 is 10.0 Å². The Labute approximate surface area is 118 Å². The van der Waals surface area contributed by atoms with Gasteiger partial charge in [-0.25, -0.2) is 0 Å². The molecular weight excluding hydrogens is 238 g/mol. The molecule has 0 spiro atoms. The van der Waals surface area contributed by atoms with E-state index in [0.29, 0.717) is 12.3 Å². The van der Waals surface area contributed by atoms with Gasteiger partial charge in [-0.1, -0.05) is 45.4 Å². The lowest BCUT2D eigenvalue weighted by atomic mass is 10.0. The van der Waals surface area contributed by atoms with Crippen molar-refractivity contribution in [3.63, 3.8) is 0 Å². The summed E-state index contributed by atoms with van der Waals surface area (Å²) in [4.78, 5) is 13.1. The molecule has 0 aromatic carbocycles. The van der Waals surface area contributed by atoms with Gasteiger partial charge in [0.2, 0.25) is 0 Å². The molecule has 0 aromatic heterocycles. The van der Waals surface area contributed by atoms with Crippen LogP contribution < -0.4 is 0 Å². The van der Waals surface area contributed by atoms with Crippen molar-refractivity contribution in [1.82, 2.24) is 4.90 Å². The zero-order valence-corrected chi connectivity index (χ0v) is 12.6. The highest BCUT2D eigenvalue weighted by Crippen LogP contribution is 2.21. The summed E-state index contributed by atoms with van der Waals surface area (Å²) in [7, 11) is 0. The molecule has 1 aliphatic heterocycles. The molecular formula is C16H31NO2. The lowest BCUT2D eigenvalue weighted by molar-refractivity contribution is -0.137. The summed E-state index contributed by atoms with van der Waals surface area (Å²) in [6.45, 7) is 5.79. The number of carboxylic acid groups (broad SMARTS) is 1. The summed E-state index contributed by atoms with van der Waals surface area (Å²) in [6.07, 6.45) is 12.0. The molecule has 1 N–H and O–H groups in total. The standard InChI is InChI=1S/C16H31NO2/c1-2-3-4-5-6-7-8-12-17-13-11-15(14-17)9-10-16(18)19/h15H,2-14H2,1H3,(H,18,19). The van der Waals surface area contributed by atoms with E-state index in [1.165, 1.54) is 64.5 Å². The summed E-state index contributed by atoms with van der Waals surface area (Å²) in [6, 6.07) is 0. The van der Waals surface area contributed by atoms with Crippen molar-refractivity contribution in [1.29, 1.82) is 0 Å². The smallest absolute Gasteiger partial charge is 0.303 e. The minimum absolute atomic E-state index is 0.343. The molecule has 1 atom stereocenters. The lowest BCUT2D eigenvalue weighted by Crippen LogP contribution is -2.22. The number of likely N-dealkylation sites (tertiary alicyclic amines) is 1. The Kier molecular flexibility index (Phi) is 8.89. The van der Waals surface area contributed by atoms with E-state index in [4.69, 9.17) is 5.11 Å². The first-order chi connectivity index (χ1) is 9.22. The number of aliphatic carboxylic acids is 1. The van der Waals surface area contributed by atoms with Crippen molar-refractivity contribution in [3.05, 3.63) is 0 Å². The van der Waals surface area contributed by atoms with Crippen LogP contribution in [0, 0.1) is 5.92 Å². The molecule has 1 rings (SSSR count). The average Bonchev–Trinajstić information content (AvgIpc) is 2.83. The van der Waals surface area contributed by atoms with Crippen molar-refractivity contribution in [2.45, 2.75) is 71.1 Å². The number of hydrogen-bond donors (Lipinski definition) is 1. The maximum Gasteiger partial charge on any atom is 0.303 e. The Hall–Kier alpha value is -0.570. The number of carbonyl (C=O) groups is 1. The zero-order chi connectivity index (χ0) is 13.9. The fraction of sp³-hybridized carbons (Fsp3) is 0.938. The van der Waals surface area contributed by atoms with Gasteiger partial charge in [0.25, 0.3) is 0 Å². The fourth-order valence-electron chi connectivity index (χ4n) is 2.97. The molecule has 0 aromatic rings. The van der Waals surface area contributed by atoms with Crippen molar-refractivity contribution in [3.8, 4) is 0 Å². The highest BCUT2D eigenvalue weighted by molar-refractivity contribution is 5.66. The van der Waals surface area contributed by atoms with Crippen molar-refractivity contribution in [2.75, 3.05) is 19.6 Å². The predicted molar refractivity (Wildman–Crippen MR) is 79.4 cm³/mol. The molecule has 3 heteroatoms. The van der Waals surface area contributed by atoms with Crippen LogP contribution in [0.5, 0.6) is 0 Å². The highest BCUT2D eigenvalue weighted by Gasteiger charge is 2.22. The second-order valence-electron chi connectivity index (χ2n) is 6.01. The lowest BCUT2D eigenvalue weighted by Gasteiger charge is -2.15. The van der Waals surface area contributed by atoms with Gasteiger partial charge in [0.05, 0.1) is 0 Å². The number of unbranched alkanes of at least 4 members (excludes halogenated alkanes) is 6. The molecule has 0 aliphatic carbocycles. The Morgan fingerprint density at radius 2 is 1.84 bits per heavy atom. The molecule has 1 saturated heterocycles. The van der Waals surface area contributed by atoms with Gasteiger partial charge in [-0.3, -0.25) is 4.79 Å². The Balaban J connectivity index is 1.92. The highest BCUT2D eigenvalue weighted by atomic mass is 16.4. The monoisotopic (exact) mass is 269 g/mol. The van der Waals surface area contributed by atoms with E-state index in [1.54, 1.807) is 0 Å². The molecule has 3 nitrogen and oxygen atoms in total. The molecule has 0 radical (unpaired) electrons. The number of carboxylic acids is 1. The van der Waals surface area contributed by atoms with Gasteiger partial charge in [-0.2, -0.15) is 0 Å². The molecule has 1 unspecified atom stereocenters. The molecule has 0 bridgehead atoms. The molecule has 112 valence electrons. The quantitative estimate of drug-likeness (QED) is 0.578. The third-order valence-electron chi connectivity index (χ3n) is 4.21. The summed E-state index contributed by atoms with van der Waals surface area (Å²) in [5, 5.41) is 8.69. The maximum absolute atomic E-state index is 10.5. The van der Waals surface area contributed by atoms with Crippen LogP contribution >= 0.6 is 0 Å². The maximum atomic E-state index is 10.5. The second kappa shape index (κ2) is 10.2. The van der Waals surface area contributed by atoms with Crippen LogP contribution in [-0.4, -0.2) is 35.6 Å². The number of hydrogen-bond acceptors (Lipinski definition) is 2. The number of nitrogens with zero attached hydrogens (tertiary/aromatic N) is 1. The van der Waals surface area contributed by atoms with Crippen LogP contribution in [0.4, 0.5) is 0 Å². The van der Waals surface area contributed by atoms with Crippen molar-refractivity contribution < 1.29 is 9.90 Å². The molecule has 1 heterocycles.